The summed E-state index contributed by atoms with van der Waals surface area (Å²) in [5.74, 6) is 0. The van der Waals surface area contributed by atoms with Crippen molar-refractivity contribution in [2.24, 2.45) is 0 Å². The Hall–Kier alpha value is -0.0400. The van der Waals surface area contributed by atoms with E-state index in [0.29, 0.717) is 0 Å². The summed E-state index contributed by atoms with van der Waals surface area (Å²) in [6, 6.07) is 0. The molecule has 0 aliphatic carbocycles. The highest BCUT2D eigenvalue weighted by atomic mass is 15.1. The minimum atomic E-state index is 0.0697. The number of rotatable bonds is 2. The minimum absolute atomic E-state index is 0.0697. The molecule has 1 fully saturated rings. The van der Waals surface area contributed by atoms with Gasteiger partial charge in [0.2, 0.25) is 0 Å². The van der Waals surface area contributed by atoms with E-state index >= 15 is 0 Å². The van der Waals surface area contributed by atoms with E-state index in [1.807, 2.05) is 0 Å². The summed E-state index contributed by atoms with van der Waals surface area (Å²) in [6.45, 7) is 4.47. The number of hydrogen-bond acceptors (Lipinski definition) is 1. The maximum Gasteiger partial charge on any atom is 0.0430 e. The van der Waals surface area contributed by atoms with Gasteiger partial charge in [-0.2, -0.15) is 0 Å². The van der Waals surface area contributed by atoms with E-state index in [9.17, 15) is 0 Å². The van der Waals surface area contributed by atoms with Crippen molar-refractivity contribution in [3.8, 4) is 0 Å². The summed E-state index contributed by atoms with van der Waals surface area (Å²) >= 11 is 0. The standard InChI is InChI=1S/C8H17N/c1-2-6-9-7-4-3-5-8-9/h2-8H2,1H3/i6D. The lowest BCUT2D eigenvalue weighted by molar-refractivity contribution is 0.229. The molecular weight excluding hydrogens is 110 g/mol. The quantitative estimate of drug-likeness (QED) is 0.549. The molecule has 0 aromatic rings. The molecule has 1 aliphatic rings. The molecule has 0 amide bonds. The first-order valence-electron chi connectivity index (χ1n) is 4.58. The second kappa shape index (κ2) is 3.89. The molecule has 0 N–H and O–H groups in total. The monoisotopic (exact) mass is 128 g/mol. The summed E-state index contributed by atoms with van der Waals surface area (Å²) in [7, 11) is 0. The van der Waals surface area contributed by atoms with Gasteiger partial charge in [-0.15, -0.1) is 0 Å². The van der Waals surface area contributed by atoms with Crippen LogP contribution in [-0.2, 0) is 0 Å². The first kappa shape index (κ1) is 5.72. The van der Waals surface area contributed by atoms with Gasteiger partial charge in [-0.25, -0.2) is 0 Å². The molecule has 1 rings (SSSR count). The van der Waals surface area contributed by atoms with Crippen LogP contribution in [0, 0.1) is 0 Å². The third-order valence-corrected chi connectivity index (χ3v) is 1.83. The van der Waals surface area contributed by atoms with Crippen molar-refractivity contribution in [3.05, 3.63) is 0 Å². The average Bonchev–Trinajstić information content (AvgIpc) is 2.05. The van der Waals surface area contributed by atoms with Gasteiger partial charge in [0.15, 0.2) is 0 Å². The molecule has 0 aromatic carbocycles. The van der Waals surface area contributed by atoms with Crippen LogP contribution >= 0.6 is 0 Å². The molecule has 1 heteroatoms. The van der Waals surface area contributed by atoms with Crippen molar-refractivity contribution < 1.29 is 1.37 Å². The van der Waals surface area contributed by atoms with E-state index in [4.69, 9.17) is 1.37 Å². The van der Waals surface area contributed by atoms with Crippen LogP contribution in [0.1, 0.15) is 34.0 Å². The number of nitrogens with zero attached hydrogens (tertiary/aromatic N) is 1. The van der Waals surface area contributed by atoms with Crippen LogP contribution < -0.4 is 0 Å². The maximum absolute atomic E-state index is 7.64. The van der Waals surface area contributed by atoms with Crippen LogP contribution in [0.25, 0.3) is 0 Å². The molecule has 0 saturated carbocycles. The molecule has 1 unspecified atom stereocenters. The maximum atomic E-state index is 7.64. The Morgan fingerprint density at radius 2 is 2.00 bits per heavy atom. The highest BCUT2D eigenvalue weighted by Gasteiger charge is 2.07. The van der Waals surface area contributed by atoms with Crippen LogP contribution in [0.15, 0.2) is 0 Å². The lowest BCUT2D eigenvalue weighted by Crippen LogP contribution is -2.30. The van der Waals surface area contributed by atoms with Crippen LogP contribution in [0.3, 0.4) is 0 Å². The number of hydrogen-bond donors (Lipinski definition) is 0. The first-order chi connectivity index (χ1) is 4.84. The van der Waals surface area contributed by atoms with E-state index in [1.165, 1.54) is 19.3 Å². The normalized spacial score (nSPS) is 27.4. The van der Waals surface area contributed by atoms with Crippen LogP contribution in [0.4, 0.5) is 0 Å². The molecule has 1 aliphatic heterocycles. The van der Waals surface area contributed by atoms with Gasteiger partial charge in [-0.05, 0) is 38.9 Å². The summed E-state index contributed by atoms with van der Waals surface area (Å²) in [4.78, 5) is 2.28. The Morgan fingerprint density at radius 1 is 1.33 bits per heavy atom. The zero-order valence-corrected chi connectivity index (χ0v) is 6.27. The third-order valence-electron chi connectivity index (χ3n) is 1.83. The zero-order chi connectivity index (χ0) is 7.40. The Balaban J connectivity index is 2.24. The van der Waals surface area contributed by atoms with E-state index in [-0.39, 0.29) is 6.52 Å². The van der Waals surface area contributed by atoms with Gasteiger partial charge in [0.05, 0.1) is 0 Å². The molecule has 0 bridgehead atoms. The van der Waals surface area contributed by atoms with Crippen molar-refractivity contribution in [1.82, 2.24) is 4.90 Å². The summed E-state index contributed by atoms with van der Waals surface area (Å²) in [5.41, 5.74) is 0. The Kier molecular flexibility index (Phi) is 2.47. The fourth-order valence-electron chi connectivity index (χ4n) is 1.36. The minimum Gasteiger partial charge on any atom is -0.303 e. The van der Waals surface area contributed by atoms with Crippen molar-refractivity contribution in [1.29, 1.82) is 0 Å². The van der Waals surface area contributed by atoms with Gasteiger partial charge in [0.1, 0.15) is 0 Å². The highest BCUT2D eigenvalue weighted by Crippen LogP contribution is 2.07. The average molecular weight is 128 g/mol. The molecule has 1 heterocycles. The van der Waals surface area contributed by atoms with Crippen LogP contribution in [0.2, 0.25) is 0 Å². The SMILES string of the molecule is [2H]C(CC)N1CCCCC1. The van der Waals surface area contributed by atoms with Gasteiger partial charge < -0.3 is 4.90 Å². The third kappa shape index (κ3) is 2.35. The molecule has 0 aromatic heterocycles. The van der Waals surface area contributed by atoms with Gasteiger partial charge >= 0.3 is 0 Å². The van der Waals surface area contributed by atoms with Crippen molar-refractivity contribution in [3.63, 3.8) is 0 Å². The smallest absolute Gasteiger partial charge is 0.0430 e. The summed E-state index contributed by atoms with van der Waals surface area (Å²) < 4.78 is 7.64. The Labute approximate surface area is 59.5 Å². The molecule has 0 radical (unpaired) electrons. The number of likely N-dealkylation sites (tertiary alicyclic amines) is 1. The fourth-order valence-corrected chi connectivity index (χ4v) is 1.36. The van der Waals surface area contributed by atoms with E-state index < -0.39 is 0 Å². The fraction of sp³-hybridized carbons (Fsp3) is 1.00. The first-order valence-corrected chi connectivity index (χ1v) is 4.01. The molecule has 1 nitrogen and oxygen atoms in total. The van der Waals surface area contributed by atoms with Crippen LogP contribution in [-0.4, -0.2) is 24.5 Å². The largest absolute Gasteiger partial charge is 0.303 e. The predicted molar refractivity (Wildman–Crippen MR) is 40.6 cm³/mol. The Bertz CT molecular complexity index is 89.3. The molecule has 0 spiro atoms. The molecule has 1 saturated heterocycles. The molecular formula is C8H17N. The van der Waals surface area contributed by atoms with Gasteiger partial charge in [0, 0.05) is 1.37 Å². The second-order valence-electron chi connectivity index (χ2n) is 2.69. The van der Waals surface area contributed by atoms with E-state index in [2.05, 4.69) is 11.8 Å². The zero-order valence-electron chi connectivity index (χ0n) is 7.27. The second-order valence-corrected chi connectivity index (χ2v) is 2.69. The van der Waals surface area contributed by atoms with E-state index in [1.54, 1.807) is 0 Å². The van der Waals surface area contributed by atoms with Crippen molar-refractivity contribution >= 4 is 0 Å². The topological polar surface area (TPSA) is 3.24 Å². The summed E-state index contributed by atoms with van der Waals surface area (Å²) in [5, 5.41) is 0. The van der Waals surface area contributed by atoms with Crippen molar-refractivity contribution in [2.75, 3.05) is 19.6 Å². The van der Waals surface area contributed by atoms with Crippen LogP contribution in [0.5, 0.6) is 0 Å². The Morgan fingerprint density at radius 3 is 2.56 bits per heavy atom. The van der Waals surface area contributed by atoms with Gasteiger partial charge in [-0.1, -0.05) is 13.3 Å². The lowest BCUT2D eigenvalue weighted by atomic mass is 10.1. The van der Waals surface area contributed by atoms with Crippen molar-refractivity contribution in [2.45, 2.75) is 32.6 Å². The predicted octanol–water partition coefficient (Wildman–Crippen LogP) is 1.88. The lowest BCUT2D eigenvalue weighted by Gasteiger charge is -2.25. The van der Waals surface area contributed by atoms with E-state index in [0.717, 1.165) is 19.5 Å². The van der Waals surface area contributed by atoms with Gasteiger partial charge in [0.25, 0.3) is 0 Å². The summed E-state index contributed by atoms with van der Waals surface area (Å²) in [6.07, 6.45) is 4.94. The molecule has 1 atom stereocenters. The number of piperidine rings is 1. The molecule has 9 heavy (non-hydrogen) atoms. The molecule has 54 valence electrons. The van der Waals surface area contributed by atoms with Gasteiger partial charge in [-0.3, -0.25) is 0 Å². The highest BCUT2D eigenvalue weighted by molar-refractivity contribution is 4.62.